The summed E-state index contributed by atoms with van der Waals surface area (Å²) < 4.78 is 20.3. The van der Waals surface area contributed by atoms with E-state index in [9.17, 15) is 9.18 Å². The first-order valence-electron chi connectivity index (χ1n) is 7.62. The first kappa shape index (κ1) is 15.6. The van der Waals surface area contributed by atoms with Gasteiger partial charge in [-0.15, -0.1) is 0 Å². The maximum Gasteiger partial charge on any atom is 0.270 e. The molecule has 2 aromatic rings. The lowest BCUT2D eigenvalue weighted by atomic mass is 9.91. The van der Waals surface area contributed by atoms with Gasteiger partial charge in [0.25, 0.3) is 5.91 Å². The molecule has 1 aliphatic rings. The lowest BCUT2D eigenvalue weighted by Crippen LogP contribution is -2.37. The summed E-state index contributed by atoms with van der Waals surface area (Å²) in [4.78, 5) is 20.7. The Labute approximate surface area is 133 Å². The van der Waals surface area contributed by atoms with Gasteiger partial charge in [-0.25, -0.2) is 14.4 Å². The Balaban J connectivity index is 1.82. The molecule has 3 rings (SSSR count). The highest BCUT2D eigenvalue weighted by molar-refractivity contribution is 5.92. The minimum atomic E-state index is -0.466. The quantitative estimate of drug-likeness (QED) is 0.934. The molecule has 0 spiro atoms. The molecule has 1 fully saturated rings. The highest BCUT2D eigenvalue weighted by Crippen LogP contribution is 2.29. The van der Waals surface area contributed by atoms with E-state index in [0.717, 1.165) is 24.9 Å². The fraction of sp³-hybridized carbons (Fsp3) is 0.438. The van der Waals surface area contributed by atoms with E-state index >= 15 is 0 Å². The Morgan fingerprint density at radius 3 is 2.78 bits per heavy atom. The fourth-order valence-corrected chi connectivity index (χ4v) is 2.84. The largest absolute Gasteiger partial charge is 0.381 e. The number of aryl methyl sites for hydroxylation is 1. The third-order valence-electron chi connectivity index (χ3n) is 4.12. The van der Waals surface area contributed by atoms with Gasteiger partial charge in [0.05, 0.1) is 12.2 Å². The number of nitrogens with zero attached hydrogens (tertiary/aromatic N) is 3. The second-order valence-electron chi connectivity index (χ2n) is 5.66. The molecule has 0 saturated carbocycles. The molecule has 122 valence electrons. The molecule has 1 saturated heterocycles. The van der Waals surface area contributed by atoms with Crippen LogP contribution in [0, 0.1) is 11.7 Å². The topological polar surface area (TPSA) is 69.0 Å². The second kappa shape index (κ2) is 6.87. The molecule has 6 nitrogen and oxygen atoms in total. The van der Waals surface area contributed by atoms with E-state index in [1.54, 1.807) is 6.20 Å². The molecule has 1 amide bonds. The first-order valence-corrected chi connectivity index (χ1v) is 7.62. The van der Waals surface area contributed by atoms with Crippen molar-refractivity contribution in [1.82, 2.24) is 19.9 Å². The zero-order chi connectivity index (χ0) is 16.2. The first-order chi connectivity index (χ1) is 11.1. The summed E-state index contributed by atoms with van der Waals surface area (Å²) in [6, 6.07) is 2.38. The molecule has 2 aromatic heterocycles. The third kappa shape index (κ3) is 3.56. The third-order valence-corrected chi connectivity index (χ3v) is 4.12. The van der Waals surface area contributed by atoms with Gasteiger partial charge in [-0.1, -0.05) is 0 Å². The minimum absolute atomic E-state index is 0.192. The number of aromatic nitrogens is 3. The van der Waals surface area contributed by atoms with Gasteiger partial charge in [0.1, 0.15) is 17.3 Å². The van der Waals surface area contributed by atoms with Crippen molar-refractivity contribution in [2.75, 3.05) is 13.2 Å². The average Bonchev–Trinajstić information content (AvgIpc) is 2.99. The maximum absolute atomic E-state index is 13.0. The number of hydrogen-bond acceptors (Lipinski definition) is 4. The van der Waals surface area contributed by atoms with E-state index in [-0.39, 0.29) is 23.6 Å². The van der Waals surface area contributed by atoms with Crippen LogP contribution >= 0.6 is 0 Å². The van der Waals surface area contributed by atoms with E-state index in [4.69, 9.17) is 4.74 Å². The van der Waals surface area contributed by atoms with Gasteiger partial charge in [0.15, 0.2) is 0 Å². The van der Waals surface area contributed by atoms with Gasteiger partial charge >= 0.3 is 0 Å². The Hall–Kier alpha value is -2.28. The normalized spacial score (nSPS) is 17.0. The number of hydrogen-bond donors (Lipinski definition) is 1. The summed E-state index contributed by atoms with van der Waals surface area (Å²) in [6.07, 6.45) is 6.32. The van der Waals surface area contributed by atoms with E-state index in [1.165, 1.54) is 12.1 Å². The van der Waals surface area contributed by atoms with Gasteiger partial charge in [0, 0.05) is 32.7 Å². The summed E-state index contributed by atoms with van der Waals surface area (Å²) in [6.45, 7) is 1.35. The number of ether oxygens (including phenoxy) is 1. The Morgan fingerprint density at radius 2 is 2.17 bits per heavy atom. The van der Waals surface area contributed by atoms with Gasteiger partial charge in [-0.05, 0) is 30.9 Å². The fourth-order valence-electron chi connectivity index (χ4n) is 2.84. The number of rotatable bonds is 4. The van der Waals surface area contributed by atoms with Crippen LogP contribution in [-0.4, -0.2) is 33.7 Å². The van der Waals surface area contributed by atoms with E-state index in [1.807, 2.05) is 17.8 Å². The summed E-state index contributed by atoms with van der Waals surface area (Å²) >= 11 is 0. The van der Waals surface area contributed by atoms with Crippen molar-refractivity contribution in [2.45, 2.75) is 18.9 Å². The molecule has 0 radical (unpaired) electrons. The zero-order valence-corrected chi connectivity index (χ0v) is 12.9. The van der Waals surface area contributed by atoms with Crippen molar-refractivity contribution < 1.29 is 13.9 Å². The lowest BCUT2D eigenvalue weighted by molar-refractivity contribution is 0.0498. The molecule has 7 heteroatoms. The molecule has 1 N–H and O–H groups in total. The lowest BCUT2D eigenvalue weighted by Gasteiger charge is -2.30. The molecule has 1 aliphatic heterocycles. The van der Waals surface area contributed by atoms with Crippen LogP contribution in [0.25, 0.3) is 0 Å². The molecule has 1 unspecified atom stereocenters. The van der Waals surface area contributed by atoms with Crippen molar-refractivity contribution in [3.8, 4) is 0 Å². The monoisotopic (exact) mass is 318 g/mol. The summed E-state index contributed by atoms with van der Waals surface area (Å²) in [5.41, 5.74) is 0.192. The standard InChI is InChI=1S/C16H19FN4O2/c1-21-7-6-18-15(21)14(11-4-8-23-9-5-11)20-16(22)13-3-2-12(17)10-19-13/h2-3,6-7,10-11,14H,4-5,8-9H2,1H3,(H,20,22). The molecule has 3 heterocycles. The van der Waals surface area contributed by atoms with E-state index < -0.39 is 5.82 Å². The summed E-state index contributed by atoms with van der Waals surface area (Å²) in [5.74, 6) is 0.248. The van der Waals surface area contributed by atoms with Crippen LogP contribution < -0.4 is 5.32 Å². The number of carbonyl (C=O) groups excluding carboxylic acids is 1. The van der Waals surface area contributed by atoms with Gasteiger partial charge in [0.2, 0.25) is 0 Å². The van der Waals surface area contributed by atoms with Gasteiger partial charge < -0.3 is 14.6 Å². The molecule has 0 aromatic carbocycles. The van der Waals surface area contributed by atoms with Crippen LogP contribution in [0.2, 0.25) is 0 Å². The van der Waals surface area contributed by atoms with Gasteiger partial charge in [-0.3, -0.25) is 4.79 Å². The molecule has 0 bridgehead atoms. The maximum atomic E-state index is 13.0. The number of amides is 1. The highest BCUT2D eigenvalue weighted by atomic mass is 19.1. The van der Waals surface area contributed by atoms with Crippen molar-refractivity contribution in [1.29, 1.82) is 0 Å². The summed E-state index contributed by atoms with van der Waals surface area (Å²) in [5, 5.41) is 3.00. The Kier molecular flexibility index (Phi) is 4.66. The SMILES string of the molecule is Cn1ccnc1C(NC(=O)c1ccc(F)cn1)C1CCOCC1. The number of imidazole rings is 1. The molecular formula is C16H19FN4O2. The van der Waals surface area contributed by atoms with Crippen LogP contribution in [-0.2, 0) is 11.8 Å². The van der Waals surface area contributed by atoms with Crippen LogP contribution in [0.5, 0.6) is 0 Å². The van der Waals surface area contributed by atoms with Crippen molar-refractivity contribution in [3.05, 3.63) is 48.1 Å². The second-order valence-corrected chi connectivity index (χ2v) is 5.66. The summed E-state index contributed by atoms with van der Waals surface area (Å²) in [7, 11) is 1.90. The molecule has 0 aliphatic carbocycles. The Morgan fingerprint density at radius 1 is 1.39 bits per heavy atom. The molecule has 1 atom stereocenters. The van der Waals surface area contributed by atoms with E-state index in [2.05, 4.69) is 15.3 Å². The highest BCUT2D eigenvalue weighted by Gasteiger charge is 2.30. The zero-order valence-electron chi connectivity index (χ0n) is 12.9. The number of halogens is 1. The van der Waals surface area contributed by atoms with Crippen LogP contribution in [0.15, 0.2) is 30.7 Å². The van der Waals surface area contributed by atoms with Crippen LogP contribution in [0.1, 0.15) is 35.2 Å². The van der Waals surface area contributed by atoms with Crippen LogP contribution in [0.4, 0.5) is 4.39 Å². The van der Waals surface area contributed by atoms with Crippen molar-refractivity contribution in [3.63, 3.8) is 0 Å². The molecule has 23 heavy (non-hydrogen) atoms. The predicted molar refractivity (Wildman–Crippen MR) is 81.2 cm³/mol. The number of nitrogens with one attached hydrogen (secondary N) is 1. The Bertz CT molecular complexity index is 665. The average molecular weight is 318 g/mol. The number of pyridine rings is 1. The smallest absolute Gasteiger partial charge is 0.270 e. The minimum Gasteiger partial charge on any atom is -0.381 e. The number of carbonyl (C=O) groups is 1. The van der Waals surface area contributed by atoms with Crippen LogP contribution in [0.3, 0.4) is 0 Å². The van der Waals surface area contributed by atoms with E-state index in [0.29, 0.717) is 13.2 Å². The van der Waals surface area contributed by atoms with Crippen molar-refractivity contribution >= 4 is 5.91 Å². The molecular weight excluding hydrogens is 299 g/mol. The predicted octanol–water partition coefficient (Wildman–Crippen LogP) is 1.85. The van der Waals surface area contributed by atoms with Crippen molar-refractivity contribution in [2.24, 2.45) is 13.0 Å². The van der Waals surface area contributed by atoms with Gasteiger partial charge in [-0.2, -0.15) is 0 Å².